The van der Waals surface area contributed by atoms with Crippen molar-refractivity contribution in [1.29, 1.82) is 0 Å². The van der Waals surface area contributed by atoms with Crippen molar-refractivity contribution in [3.05, 3.63) is 29.6 Å². The molecule has 5 heteroatoms. The predicted octanol–water partition coefficient (Wildman–Crippen LogP) is 3.46. The zero-order chi connectivity index (χ0) is 15.4. The summed E-state index contributed by atoms with van der Waals surface area (Å²) < 4.78 is 0. The smallest absolute Gasteiger partial charge is 0.227 e. The van der Waals surface area contributed by atoms with Crippen LogP contribution in [0.5, 0.6) is 0 Å². The van der Waals surface area contributed by atoms with Crippen molar-refractivity contribution >= 4 is 11.6 Å². The second kappa shape index (κ2) is 6.52. The predicted molar refractivity (Wildman–Crippen MR) is 84.0 cm³/mol. The van der Waals surface area contributed by atoms with Gasteiger partial charge in [-0.25, -0.2) is 4.98 Å². The second-order valence-corrected chi connectivity index (χ2v) is 5.28. The second-order valence-electron chi connectivity index (χ2n) is 5.28. The minimum absolute atomic E-state index is 0.0545. The normalized spacial score (nSPS) is 10.9. The Balaban J connectivity index is 2.25. The first-order chi connectivity index (χ1) is 10.0. The van der Waals surface area contributed by atoms with Crippen LogP contribution in [0.1, 0.15) is 38.1 Å². The fourth-order valence-electron chi connectivity index (χ4n) is 2.26. The first-order valence-corrected chi connectivity index (χ1v) is 7.36. The van der Waals surface area contributed by atoms with E-state index in [1.54, 1.807) is 0 Å². The molecule has 1 aromatic carbocycles. The van der Waals surface area contributed by atoms with Crippen molar-refractivity contribution in [2.75, 3.05) is 5.32 Å². The molecular formula is C16H22N4O. The molecular weight excluding hydrogens is 264 g/mol. The number of nitrogens with one attached hydrogen (secondary N) is 2. The van der Waals surface area contributed by atoms with Gasteiger partial charge in [0.25, 0.3) is 0 Å². The lowest BCUT2D eigenvalue weighted by atomic mass is 10.0. The molecule has 0 bridgehead atoms. The summed E-state index contributed by atoms with van der Waals surface area (Å²) in [6.07, 6.45) is 1.70. The van der Waals surface area contributed by atoms with Crippen molar-refractivity contribution in [1.82, 2.24) is 15.2 Å². The molecule has 1 heterocycles. The average Bonchev–Trinajstić information content (AvgIpc) is 2.89. The number of rotatable bonds is 5. The van der Waals surface area contributed by atoms with E-state index < -0.39 is 0 Å². The number of H-pyrrole nitrogens is 1. The maximum absolute atomic E-state index is 12.2. The van der Waals surface area contributed by atoms with Crippen LogP contribution < -0.4 is 5.32 Å². The van der Waals surface area contributed by atoms with E-state index in [0.29, 0.717) is 5.82 Å². The number of nitrogens with zero attached hydrogens (tertiary/aromatic N) is 2. The van der Waals surface area contributed by atoms with Crippen LogP contribution in [0, 0.1) is 19.8 Å². The SMILES string of the molecule is CCC(CC)C(=O)Nc1cc(-c2n[nH]c(C)n2)ccc1C. The summed E-state index contributed by atoms with van der Waals surface area (Å²) in [7, 11) is 0. The topological polar surface area (TPSA) is 70.7 Å². The van der Waals surface area contributed by atoms with Crippen LogP contribution >= 0.6 is 0 Å². The fraction of sp³-hybridized carbons (Fsp3) is 0.438. The van der Waals surface area contributed by atoms with Gasteiger partial charge in [0.05, 0.1) is 0 Å². The zero-order valence-corrected chi connectivity index (χ0v) is 13.0. The molecule has 5 nitrogen and oxygen atoms in total. The van der Waals surface area contributed by atoms with Crippen molar-refractivity contribution in [3.63, 3.8) is 0 Å². The van der Waals surface area contributed by atoms with Gasteiger partial charge >= 0.3 is 0 Å². The molecule has 2 rings (SSSR count). The summed E-state index contributed by atoms with van der Waals surface area (Å²) >= 11 is 0. The van der Waals surface area contributed by atoms with Gasteiger partial charge in [-0.15, -0.1) is 0 Å². The molecule has 0 atom stereocenters. The minimum Gasteiger partial charge on any atom is -0.326 e. The Morgan fingerprint density at radius 1 is 1.29 bits per heavy atom. The molecule has 0 radical (unpaired) electrons. The molecule has 0 fully saturated rings. The highest BCUT2D eigenvalue weighted by molar-refractivity contribution is 5.93. The highest BCUT2D eigenvalue weighted by atomic mass is 16.1. The van der Waals surface area contributed by atoms with Gasteiger partial charge in [0.1, 0.15) is 5.82 Å². The van der Waals surface area contributed by atoms with Gasteiger partial charge in [-0.2, -0.15) is 5.10 Å². The van der Waals surface area contributed by atoms with E-state index in [1.807, 2.05) is 45.9 Å². The third-order valence-electron chi connectivity index (χ3n) is 3.71. The summed E-state index contributed by atoms with van der Waals surface area (Å²) in [5.41, 5.74) is 2.75. The molecule has 0 unspecified atom stereocenters. The molecule has 2 N–H and O–H groups in total. The Bertz CT molecular complexity index is 629. The van der Waals surface area contributed by atoms with Crippen LogP contribution in [0.15, 0.2) is 18.2 Å². The Morgan fingerprint density at radius 2 is 2.00 bits per heavy atom. The van der Waals surface area contributed by atoms with Gasteiger partial charge < -0.3 is 5.32 Å². The van der Waals surface area contributed by atoms with Crippen molar-refractivity contribution in [3.8, 4) is 11.4 Å². The lowest BCUT2D eigenvalue weighted by Crippen LogP contribution is -2.22. The number of aromatic amines is 1. The van der Waals surface area contributed by atoms with Gasteiger partial charge in [-0.1, -0.05) is 26.0 Å². The molecule has 2 aromatic rings. The van der Waals surface area contributed by atoms with Gasteiger partial charge in [-0.05, 0) is 38.3 Å². The number of carbonyl (C=O) groups is 1. The van der Waals surface area contributed by atoms with Crippen LogP contribution in [-0.4, -0.2) is 21.1 Å². The van der Waals surface area contributed by atoms with E-state index in [9.17, 15) is 4.79 Å². The molecule has 0 aliphatic rings. The largest absolute Gasteiger partial charge is 0.326 e. The van der Waals surface area contributed by atoms with Crippen LogP contribution in [-0.2, 0) is 4.79 Å². The molecule has 1 amide bonds. The number of anilines is 1. The Morgan fingerprint density at radius 3 is 2.57 bits per heavy atom. The van der Waals surface area contributed by atoms with Crippen LogP contribution in [0.2, 0.25) is 0 Å². The number of aryl methyl sites for hydroxylation is 2. The average molecular weight is 286 g/mol. The maximum Gasteiger partial charge on any atom is 0.227 e. The number of amides is 1. The maximum atomic E-state index is 12.2. The summed E-state index contributed by atoms with van der Waals surface area (Å²) in [5, 5.41) is 10.0. The van der Waals surface area contributed by atoms with Crippen LogP contribution in [0.4, 0.5) is 5.69 Å². The van der Waals surface area contributed by atoms with Gasteiger partial charge in [0.15, 0.2) is 5.82 Å². The molecule has 0 spiro atoms. The molecule has 0 aliphatic heterocycles. The van der Waals surface area contributed by atoms with Gasteiger partial charge in [0, 0.05) is 17.2 Å². The standard InChI is InChI=1S/C16H22N4O/c1-5-12(6-2)16(21)18-14-9-13(8-7-10(14)3)15-17-11(4)19-20-15/h7-9,12H,5-6H2,1-4H3,(H,18,21)(H,17,19,20). The highest BCUT2D eigenvalue weighted by Gasteiger charge is 2.15. The molecule has 112 valence electrons. The van der Waals surface area contributed by atoms with Gasteiger partial charge in [-0.3, -0.25) is 9.89 Å². The Hall–Kier alpha value is -2.17. The quantitative estimate of drug-likeness (QED) is 0.884. The van der Waals surface area contributed by atoms with E-state index in [2.05, 4.69) is 20.5 Å². The third kappa shape index (κ3) is 3.48. The summed E-state index contributed by atoms with van der Waals surface area (Å²) in [6, 6.07) is 5.87. The molecule has 1 aromatic heterocycles. The highest BCUT2D eigenvalue weighted by Crippen LogP contribution is 2.24. The van der Waals surface area contributed by atoms with E-state index >= 15 is 0 Å². The molecule has 0 saturated heterocycles. The summed E-state index contributed by atoms with van der Waals surface area (Å²) in [5.74, 6) is 1.55. The number of benzene rings is 1. The number of hydrogen-bond donors (Lipinski definition) is 2. The van der Waals surface area contributed by atoms with E-state index in [1.165, 1.54) is 0 Å². The zero-order valence-electron chi connectivity index (χ0n) is 13.0. The third-order valence-corrected chi connectivity index (χ3v) is 3.71. The first-order valence-electron chi connectivity index (χ1n) is 7.36. The Labute approximate surface area is 125 Å². The number of carbonyl (C=O) groups excluding carboxylic acids is 1. The van der Waals surface area contributed by atoms with E-state index in [-0.39, 0.29) is 11.8 Å². The lowest BCUT2D eigenvalue weighted by molar-refractivity contribution is -0.120. The summed E-state index contributed by atoms with van der Waals surface area (Å²) in [4.78, 5) is 16.5. The number of hydrogen-bond acceptors (Lipinski definition) is 3. The van der Waals surface area contributed by atoms with Crippen molar-refractivity contribution in [2.24, 2.45) is 5.92 Å². The number of aromatic nitrogens is 3. The van der Waals surface area contributed by atoms with Gasteiger partial charge in [0.2, 0.25) is 5.91 Å². The van der Waals surface area contributed by atoms with Crippen molar-refractivity contribution < 1.29 is 4.79 Å². The lowest BCUT2D eigenvalue weighted by Gasteiger charge is -2.15. The Kier molecular flexibility index (Phi) is 4.73. The van der Waals surface area contributed by atoms with E-state index in [0.717, 1.165) is 35.5 Å². The monoisotopic (exact) mass is 286 g/mol. The fourth-order valence-corrected chi connectivity index (χ4v) is 2.26. The first kappa shape index (κ1) is 15.2. The van der Waals surface area contributed by atoms with E-state index in [4.69, 9.17) is 0 Å². The molecule has 0 aliphatic carbocycles. The van der Waals surface area contributed by atoms with Crippen LogP contribution in [0.3, 0.4) is 0 Å². The molecule has 0 saturated carbocycles. The minimum atomic E-state index is 0.0545. The summed E-state index contributed by atoms with van der Waals surface area (Å²) in [6.45, 7) is 7.91. The molecule has 21 heavy (non-hydrogen) atoms. The van der Waals surface area contributed by atoms with Crippen LogP contribution in [0.25, 0.3) is 11.4 Å². The van der Waals surface area contributed by atoms with Crippen molar-refractivity contribution in [2.45, 2.75) is 40.5 Å².